The van der Waals surface area contributed by atoms with Gasteiger partial charge in [-0.2, -0.15) is 0 Å². The molecular formula is C11H16BrNS. The van der Waals surface area contributed by atoms with Crippen molar-refractivity contribution in [2.24, 2.45) is 5.73 Å². The Labute approximate surface area is 97.8 Å². The third kappa shape index (κ3) is 1.66. The molecule has 2 rings (SSSR count). The summed E-state index contributed by atoms with van der Waals surface area (Å²) in [5.74, 6) is 0. The Kier molecular flexibility index (Phi) is 3.01. The van der Waals surface area contributed by atoms with E-state index in [0.717, 1.165) is 13.0 Å². The van der Waals surface area contributed by atoms with Crippen LogP contribution in [0.25, 0.3) is 0 Å². The molecule has 3 heteroatoms. The summed E-state index contributed by atoms with van der Waals surface area (Å²) in [4.78, 5) is 2.93. The SMILES string of the molecule is Cc1sc(C2(CCN)CCC2)cc1Br. The lowest BCUT2D eigenvalue weighted by molar-refractivity contribution is 0.234. The molecule has 0 bridgehead atoms. The zero-order valence-corrected chi connectivity index (χ0v) is 10.9. The molecule has 1 aromatic heterocycles. The average molecular weight is 274 g/mol. The molecule has 0 atom stereocenters. The summed E-state index contributed by atoms with van der Waals surface area (Å²) >= 11 is 5.53. The van der Waals surface area contributed by atoms with Crippen LogP contribution in [0.1, 0.15) is 35.4 Å². The van der Waals surface area contributed by atoms with Crippen LogP contribution in [-0.4, -0.2) is 6.54 Å². The van der Waals surface area contributed by atoms with E-state index in [0.29, 0.717) is 5.41 Å². The lowest BCUT2D eigenvalue weighted by Gasteiger charge is -2.41. The maximum absolute atomic E-state index is 5.70. The van der Waals surface area contributed by atoms with Gasteiger partial charge in [-0.05, 0) is 54.7 Å². The molecule has 0 spiro atoms. The van der Waals surface area contributed by atoms with Gasteiger partial charge in [0.25, 0.3) is 0 Å². The molecular weight excluding hydrogens is 258 g/mol. The van der Waals surface area contributed by atoms with Crippen LogP contribution in [0.3, 0.4) is 0 Å². The summed E-state index contributed by atoms with van der Waals surface area (Å²) in [7, 11) is 0. The number of hydrogen-bond donors (Lipinski definition) is 1. The van der Waals surface area contributed by atoms with E-state index in [4.69, 9.17) is 5.73 Å². The summed E-state index contributed by atoms with van der Waals surface area (Å²) in [5.41, 5.74) is 6.14. The molecule has 0 unspecified atom stereocenters. The van der Waals surface area contributed by atoms with Gasteiger partial charge in [0, 0.05) is 19.6 Å². The van der Waals surface area contributed by atoms with Crippen molar-refractivity contribution >= 4 is 27.3 Å². The van der Waals surface area contributed by atoms with Gasteiger partial charge in [0.05, 0.1) is 0 Å². The highest BCUT2D eigenvalue weighted by Gasteiger charge is 2.39. The van der Waals surface area contributed by atoms with Crippen LogP contribution in [0.5, 0.6) is 0 Å². The number of rotatable bonds is 3. The summed E-state index contributed by atoms with van der Waals surface area (Å²) < 4.78 is 1.26. The molecule has 1 heterocycles. The number of hydrogen-bond acceptors (Lipinski definition) is 2. The Morgan fingerprint density at radius 3 is 2.64 bits per heavy atom. The van der Waals surface area contributed by atoms with Gasteiger partial charge in [-0.25, -0.2) is 0 Å². The van der Waals surface area contributed by atoms with Crippen molar-refractivity contribution in [2.45, 2.75) is 38.0 Å². The van der Waals surface area contributed by atoms with Crippen molar-refractivity contribution in [1.82, 2.24) is 0 Å². The van der Waals surface area contributed by atoms with Gasteiger partial charge in [0.1, 0.15) is 0 Å². The van der Waals surface area contributed by atoms with Gasteiger partial charge >= 0.3 is 0 Å². The lowest BCUT2D eigenvalue weighted by atomic mass is 9.66. The zero-order chi connectivity index (χ0) is 10.2. The van der Waals surface area contributed by atoms with Crippen LogP contribution in [0, 0.1) is 6.92 Å². The quantitative estimate of drug-likeness (QED) is 0.895. The van der Waals surface area contributed by atoms with Gasteiger partial charge in [0.2, 0.25) is 0 Å². The summed E-state index contributed by atoms with van der Waals surface area (Å²) in [6, 6.07) is 2.30. The first kappa shape index (κ1) is 10.7. The molecule has 1 aromatic rings. The monoisotopic (exact) mass is 273 g/mol. The van der Waals surface area contributed by atoms with Crippen LogP contribution in [0.4, 0.5) is 0 Å². The Bertz CT molecular complexity index is 309. The van der Waals surface area contributed by atoms with Gasteiger partial charge in [0.15, 0.2) is 0 Å². The van der Waals surface area contributed by atoms with Crippen molar-refractivity contribution < 1.29 is 0 Å². The first-order valence-corrected chi connectivity index (χ1v) is 6.75. The van der Waals surface area contributed by atoms with E-state index in [-0.39, 0.29) is 0 Å². The highest BCUT2D eigenvalue weighted by molar-refractivity contribution is 9.10. The Morgan fingerprint density at radius 2 is 2.29 bits per heavy atom. The van der Waals surface area contributed by atoms with E-state index in [1.165, 1.54) is 28.6 Å². The van der Waals surface area contributed by atoms with Crippen molar-refractivity contribution in [2.75, 3.05) is 6.54 Å². The molecule has 0 saturated heterocycles. The first-order valence-electron chi connectivity index (χ1n) is 5.14. The second kappa shape index (κ2) is 3.95. The van der Waals surface area contributed by atoms with Gasteiger partial charge < -0.3 is 5.73 Å². The van der Waals surface area contributed by atoms with Gasteiger partial charge in [-0.3, -0.25) is 0 Å². The van der Waals surface area contributed by atoms with Crippen molar-refractivity contribution in [3.63, 3.8) is 0 Å². The molecule has 1 nitrogen and oxygen atoms in total. The normalized spacial score (nSPS) is 19.4. The number of thiophene rings is 1. The molecule has 1 aliphatic rings. The van der Waals surface area contributed by atoms with E-state index in [2.05, 4.69) is 28.9 Å². The Hall–Kier alpha value is 0.140. The molecule has 78 valence electrons. The smallest absolute Gasteiger partial charge is 0.0314 e. The highest BCUT2D eigenvalue weighted by Crippen LogP contribution is 2.49. The average Bonchev–Trinajstić information content (AvgIpc) is 2.40. The summed E-state index contributed by atoms with van der Waals surface area (Å²) in [6.07, 6.45) is 5.18. The van der Waals surface area contributed by atoms with Crippen LogP contribution in [0.15, 0.2) is 10.5 Å². The molecule has 1 saturated carbocycles. The minimum Gasteiger partial charge on any atom is -0.330 e. The van der Waals surface area contributed by atoms with Gasteiger partial charge in [-0.15, -0.1) is 11.3 Å². The zero-order valence-electron chi connectivity index (χ0n) is 8.48. The second-order valence-electron chi connectivity index (χ2n) is 4.19. The standard InChI is InChI=1S/C11H16BrNS/c1-8-9(12)7-10(14-8)11(5-6-13)3-2-4-11/h7H,2-6,13H2,1H3. The van der Waals surface area contributed by atoms with Crippen LogP contribution < -0.4 is 5.73 Å². The molecule has 0 amide bonds. The Balaban J connectivity index is 2.27. The lowest BCUT2D eigenvalue weighted by Crippen LogP contribution is -2.35. The summed E-state index contributed by atoms with van der Waals surface area (Å²) in [5, 5.41) is 0. The van der Waals surface area contributed by atoms with E-state index >= 15 is 0 Å². The molecule has 0 aliphatic heterocycles. The number of nitrogens with two attached hydrogens (primary N) is 1. The fraction of sp³-hybridized carbons (Fsp3) is 0.636. The maximum atomic E-state index is 5.70. The predicted molar refractivity (Wildman–Crippen MR) is 66.0 cm³/mol. The summed E-state index contributed by atoms with van der Waals surface area (Å²) in [6.45, 7) is 2.99. The number of aryl methyl sites for hydroxylation is 1. The van der Waals surface area contributed by atoms with Crippen molar-refractivity contribution in [3.8, 4) is 0 Å². The van der Waals surface area contributed by atoms with E-state index in [1.807, 2.05) is 11.3 Å². The highest BCUT2D eigenvalue weighted by atomic mass is 79.9. The van der Waals surface area contributed by atoms with Crippen LogP contribution >= 0.6 is 27.3 Å². The minimum atomic E-state index is 0.441. The molecule has 0 aromatic carbocycles. The first-order chi connectivity index (χ1) is 6.68. The molecule has 0 radical (unpaired) electrons. The minimum absolute atomic E-state index is 0.441. The van der Waals surface area contributed by atoms with E-state index in [1.54, 1.807) is 4.88 Å². The maximum Gasteiger partial charge on any atom is 0.0314 e. The van der Waals surface area contributed by atoms with Crippen LogP contribution in [0.2, 0.25) is 0 Å². The van der Waals surface area contributed by atoms with Crippen molar-refractivity contribution in [1.29, 1.82) is 0 Å². The van der Waals surface area contributed by atoms with E-state index < -0.39 is 0 Å². The Morgan fingerprint density at radius 1 is 1.57 bits per heavy atom. The van der Waals surface area contributed by atoms with E-state index in [9.17, 15) is 0 Å². The second-order valence-corrected chi connectivity index (χ2v) is 6.30. The fourth-order valence-corrected chi connectivity index (χ4v) is 4.03. The van der Waals surface area contributed by atoms with Gasteiger partial charge in [-0.1, -0.05) is 6.42 Å². The van der Waals surface area contributed by atoms with Crippen LogP contribution in [-0.2, 0) is 5.41 Å². The molecule has 2 N–H and O–H groups in total. The fourth-order valence-electron chi connectivity index (χ4n) is 2.22. The third-order valence-electron chi connectivity index (χ3n) is 3.31. The molecule has 1 aliphatic carbocycles. The topological polar surface area (TPSA) is 26.0 Å². The number of halogens is 1. The van der Waals surface area contributed by atoms with Crippen molar-refractivity contribution in [3.05, 3.63) is 20.3 Å². The largest absolute Gasteiger partial charge is 0.330 e. The predicted octanol–water partition coefficient (Wildman–Crippen LogP) is 3.59. The molecule has 14 heavy (non-hydrogen) atoms. The molecule has 1 fully saturated rings. The third-order valence-corrected chi connectivity index (χ3v) is 5.70.